The fourth-order valence-electron chi connectivity index (χ4n) is 0.849. The number of carbonyl (C=O) groups excluding carboxylic acids is 1. The minimum absolute atomic E-state index is 0.0635. The van der Waals surface area contributed by atoms with Gasteiger partial charge in [-0.15, -0.1) is 0 Å². The number of ether oxygens (including phenoxy) is 1. The average molecular weight is 190 g/mol. The first kappa shape index (κ1) is 12.3. The molecule has 0 aliphatic carbocycles. The van der Waals surface area contributed by atoms with Gasteiger partial charge in [-0.3, -0.25) is 4.79 Å². The maximum Gasteiger partial charge on any atom is 0.222 e. The molecule has 1 amide bonds. The Balaban J connectivity index is 3.72. The Kier molecular flexibility index (Phi) is 6.48. The van der Waals surface area contributed by atoms with Crippen molar-refractivity contribution in [2.75, 3.05) is 20.3 Å². The van der Waals surface area contributed by atoms with Gasteiger partial charge < -0.3 is 20.9 Å². The van der Waals surface area contributed by atoms with Crippen LogP contribution in [0.2, 0.25) is 0 Å². The second-order valence-corrected chi connectivity index (χ2v) is 2.95. The maximum atomic E-state index is 11.2. The quantitative estimate of drug-likeness (QED) is 0.493. The number of amides is 1. The molecule has 0 aliphatic rings. The van der Waals surface area contributed by atoms with E-state index in [4.69, 9.17) is 15.6 Å². The number of rotatable bonds is 6. The zero-order valence-electron chi connectivity index (χ0n) is 8.12. The molecule has 0 aromatic heterocycles. The second kappa shape index (κ2) is 6.82. The lowest BCUT2D eigenvalue weighted by Gasteiger charge is -2.15. The van der Waals surface area contributed by atoms with E-state index in [0.717, 1.165) is 0 Å². The van der Waals surface area contributed by atoms with Gasteiger partial charge >= 0.3 is 0 Å². The lowest BCUT2D eigenvalue weighted by molar-refractivity contribution is -0.124. The molecule has 0 aromatic carbocycles. The summed E-state index contributed by atoms with van der Waals surface area (Å²) in [6.45, 7) is 1.98. The molecule has 5 nitrogen and oxygen atoms in total. The minimum Gasteiger partial charge on any atom is -0.394 e. The fraction of sp³-hybridized carbons (Fsp3) is 0.875. The minimum atomic E-state index is -0.245. The number of aliphatic hydroxyl groups is 1. The maximum absolute atomic E-state index is 11.2. The summed E-state index contributed by atoms with van der Waals surface area (Å²) in [5.41, 5.74) is 5.34. The van der Waals surface area contributed by atoms with Crippen LogP contribution in [0.5, 0.6) is 0 Å². The van der Waals surface area contributed by atoms with E-state index in [9.17, 15) is 4.79 Å². The zero-order chi connectivity index (χ0) is 10.3. The van der Waals surface area contributed by atoms with Crippen LogP contribution in [-0.2, 0) is 9.53 Å². The lowest BCUT2D eigenvalue weighted by Crippen LogP contribution is -2.38. The monoisotopic (exact) mass is 190 g/mol. The molecule has 0 fully saturated rings. The molecule has 13 heavy (non-hydrogen) atoms. The van der Waals surface area contributed by atoms with Gasteiger partial charge in [0.05, 0.1) is 19.1 Å². The lowest BCUT2D eigenvalue weighted by atomic mass is 10.2. The van der Waals surface area contributed by atoms with Crippen molar-refractivity contribution < 1.29 is 14.6 Å². The molecule has 0 saturated carbocycles. The number of hydrogen-bond donors (Lipinski definition) is 3. The van der Waals surface area contributed by atoms with Crippen LogP contribution in [0, 0.1) is 0 Å². The van der Waals surface area contributed by atoms with Gasteiger partial charge in [0, 0.05) is 19.7 Å². The predicted octanol–water partition coefficient (Wildman–Crippen LogP) is -1.15. The highest BCUT2D eigenvalue weighted by Crippen LogP contribution is 1.94. The molecule has 5 heteroatoms. The van der Waals surface area contributed by atoms with Gasteiger partial charge in [-0.1, -0.05) is 0 Å². The first-order valence-electron chi connectivity index (χ1n) is 4.27. The van der Waals surface area contributed by atoms with Crippen molar-refractivity contribution in [1.82, 2.24) is 5.32 Å². The normalized spacial score (nSPS) is 15.1. The standard InChI is InChI=1S/C8H18N2O3/c1-6(5-11)10-8(12)3-7(4-9)13-2/h6-7,11H,3-5,9H2,1-2H3,(H,10,12)/t6-,7?/m0/s1. The van der Waals surface area contributed by atoms with Crippen LogP contribution in [0.15, 0.2) is 0 Å². The summed E-state index contributed by atoms with van der Waals surface area (Å²) >= 11 is 0. The Labute approximate surface area is 78.3 Å². The number of aliphatic hydroxyl groups excluding tert-OH is 1. The molecule has 0 radical (unpaired) electrons. The van der Waals surface area contributed by atoms with Crippen LogP contribution in [0.25, 0.3) is 0 Å². The topological polar surface area (TPSA) is 84.6 Å². The third-order valence-electron chi connectivity index (χ3n) is 1.69. The molecule has 0 bridgehead atoms. The van der Waals surface area contributed by atoms with Crippen LogP contribution >= 0.6 is 0 Å². The molecule has 2 atom stereocenters. The summed E-state index contributed by atoms with van der Waals surface area (Å²) in [7, 11) is 1.51. The third-order valence-corrected chi connectivity index (χ3v) is 1.69. The van der Waals surface area contributed by atoms with Crippen molar-refractivity contribution in [2.45, 2.75) is 25.5 Å². The highest BCUT2D eigenvalue weighted by Gasteiger charge is 2.12. The largest absolute Gasteiger partial charge is 0.394 e. The van der Waals surface area contributed by atoms with Gasteiger partial charge in [-0.25, -0.2) is 0 Å². The predicted molar refractivity (Wildman–Crippen MR) is 49.2 cm³/mol. The summed E-state index contributed by atoms with van der Waals surface area (Å²) in [6, 6.07) is -0.220. The van der Waals surface area contributed by atoms with Gasteiger partial charge in [0.25, 0.3) is 0 Å². The SMILES string of the molecule is COC(CN)CC(=O)N[C@@H](C)CO. The molecule has 0 rings (SSSR count). The second-order valence-electron chi connectivity index (χ2n) is 2.95. The van der Waals surface area contributed by atoms with Crippen molar-refractivity contribution in [1.29, 1.82) is 0 Å². The van der Waals surface area contributed by atoms with Gasteiger partial charge in [-0.2, -0.15) is 0 Å². The van der Waals surface area contributed by atoms with E-state index in [1.165, 1.54) is 7.11 Å². The van der Waals surface area contributed by atoms with E-state index in [0.29, 0.717) is 6.54 Å². The van der Waals surface area contributed by atoms with Crippen LogP contribution in [-0.4, -0.2) is 43.4 Å². The van der Waals surface area contributed by atoms with E-state index >= 15 is 0 Å². The summed E-state index contributed by atoms with van der Waals surface area (Å²) in [4.78, 5) is 11.2. The Hall–Kier alpha value is -0.650. The summed E-state index contributed by atoms with van der Waals surface area (Å²) in [5.74, 6) is -0.154. The van der Waals surface area contributed by atoms with Crippen molar-refractivity contribution in [3.63, 3.8) is 0 Å². The highest BCUT2D eigenvalue weighted by molar-refractivity contribution is 5.76. The van der Waals surface area contributed by atoms with E-state index in [2.05, 4.69) is 5.32 Å². The van der Waals surface area contributed by atoms with Crippen LogP contribution in [0.1, 0.15) is 13.3 Å². The molecule has 0 saturated heterocycles. The molecule has 0 heterocycles. The summed E-state index contributed by atoms with van der Waals surface area (Å²) in [6.07, 6.45) is -0.0111. The average Bonchev–Trinajstić information content (AvgIpc) is 2.13. The van der Waals surface area contributed by atoms with Crippen LogP contribution in [0.3, 0.4) is 0 Å². The van der Waals surface area contributed by atoms with Crippen molar-refractivity contribution in [3.8, 4) is 0 Å². The van der Waals surface area contributed by atoms with Gasteiger partial charge in [-0.05, 0) is 6.92 Å². The molecule has 0 aromatic rings. The molecule has 4 N–H and O–H groups in total. The molecule has 0 spiro atoms. The van der Waals surface area contributed by atoms with Crippen LogP contribution in [0.4, 0.5) is 0 Å². The van der Waals surface area contributed by atoms with Crippen molar-refractivity contribution >= 4 is 5.91 Å². The van der Waals surface area contributed by atoms with Gasteiger partial charge in [0.15, 0.2) is 0 Å². The Morgan fingerprint density at radius 2 is 2.31 bits per heavy atom. The van der Waals surface area contributed by atoms with Crippen molar-refractivity contribution in [2.24, 2.45) is 5.73 Å². The summed E-state index contributed by atoms with van der Waals surface area (Å²) < 4.78 is 4.94. The van der Waals surface area contributed by atoms with E-state index < -0.39 is 0 Å². The van der Waals surface area contributed by atoms with E-state index in [1.807, 2.05) is 0 Å². The van der Waals surface area contributed by atoms with Gasteiger partial charge in [0.1, 0.15) is 0 Å². The number of hydrogen-bond acceptors (Lipinski definition) is 4. The fourth-order valence-corrected chi connectivity index (χ4v) is 0.849. The number of carbonyl (C=O) groups is 1. The number of nitrogens with one attached hydrogen (secondary N) is 1. The zero-order valence-corrected chi connectivity index (χ0v) is 8.12. The van der Waals surface area contributed by atoms with Gasteiger partial charge in [0.2, 0.25) is 5.91 Å². The first-order valence-corrected chi connectivity index (χ1v) is 4.27. The Morgan fingerprint density at radius 3 is 2.69 bits per heavy atom. The smallest absolute Gasteiger partial charge is 0.222 e. The van der Waals surface area contributed by atoms with E-state index in [-0.39, 0.29) is 31.1 Å². The highest BCUT2D eigenvalue weighted by atomic mass is 16.5. The molecule has 78 valence electrons. The molecule has 0 aliphatic heterocycles. The Bertz CT molecular complexity index is 148. The van der Waals surface area contributed by atoms with Crippen molar-refractivity contribution in [3.05, 3.63) is 0 Å². The van der Waals surface area contributed by atoms with E-state index in [1.54, 1.807) is 6.92 Å². The molecular weight excluding hydrogens is 172 g/mol. The van der Waals surface area contributed by atoms with Crippen LogP contribution < -0.4 is 11.1 Å². The molecular formula is C8H18N2O3. The third kappa shape index (κ3) is 5.57. The first-order chi connectivity index (χ1) is 6.13. The molecule has 1 unspecified atom stereocenters. The summed E-state index contributed by atoms with van der Waals surface area (Å²) in [5, 5.41) is 11.3. The number of nitrogens with two attached hydrogens (primary N) is 1. The number of methoxy groups -OCH3 is 1. The Morgan fingerprint density at radius 1 is 1.69 bits per heavy atom.